The molecule has 1 N–H and O–H groups in total. The van der Waals surface area contributed by atoms with E-state index in [9.17, 15) is 5.11 Å². The van der Waals surface area contributed by atoms with Gasteiger partial charge in [-0.15, -0.1) is 0 Å². The highest BCUT2D eigenvalue weighted by Gasteiger charge is 2.22. The van der Waals surface area contributed by atoms with Crippen molar-refractivity contribution in [3.05, 3.63) is 48.5 Å². The highest BCUT2D eigenvalue weighted by Crippen LogP contribution is 2.28. The minimum Gasteiger partial charge on any atom is -0.395 e. The van der Waals surface area contributed by atoms with E-state index >= 15 is 0 Å². The molecule has 0 saturated heterocycles. The van der Waals surface area contributed by atoms with Crippen LogP contribution in [0.15, 0.2) is 43.0 Å². The predicted octanol–water partition coefficient (Wildman–Crippen LogP) is 2.14. The molecule has 0 bridgehead atoms. The Labute approximate surface area is 95.4 Å². The van der Waals surface area contributed by atoms with Gasteiger partial charge in [0.1, 0.15) is 0 Å². The number of hydrogen-bond acceptors (Lipinski definition) is 2. The zero-order chi connectivity index (χ0) is 11.6. The van der Waals surface area contributed by atoms with E-state index in [-0.39, 0.29) is 12.0 Å². The highest BCUT2D eigenvalue weighted by molar-refractivity contribution is 5.45. The van der Waals surface area contributed by atoms with Crippen molar-refractivity contribution in [3.8, 4) is 5.69 Å². The van der Waals surface area contributed by atoms with Crippen LogP contribution in [0.5, 0.6) is 0 Å². The largest absolute Gasteiger partial charge is 0.395 e. The molecule has 84 valence electrons. The van der Waals surface area contributed by atoms with Gasteiger partial charge in [0.25, 0.3) is 0 Å². The van der Waals surface area contributed by atoms with E-state index in [1.807, 2.05) is 48.9 Å². The van der Waals surface area contributed by atoms with Gasteiger partial charge in [-0.2, -0.15) is 0 Å². The summed E-state index contributed by atoms with van der Waals surface area (Å²) in [7, 11) is 0. The summed E-state index contributed by atoms with van der Waals surface area (Å²) in [6.45, 7) is 4.18. The first-order chi connectivity index (χ1) is 7.65. The first-order valence-electron chi connectivity index (χ1n) is 5.34. The second-order valence-corrected chi connectivity index (χ2v) is 4.53. The molecule has 1 aromatic heterocycles. The second kappa shape index (κ2) is 4.10. The van der Waals surface area contributed by atoms with E-state index in [2.05, 4.69) is 4.98 Å². The fourth-order valence-electron chi connectivity index (χ4n) is 1.76. The average Bonchev–Trinajstić information content (AvgIpc) is 2.82. The van der Waals surface area contributed by atoms with Crippen LogP contribution in [0.3, 0.4) is 0 Å². The van der Waals surface area contributed by atoms with Gasteiger partial charge in [0.2, 0.25) is 0 Å². The molecule has 2 rings (SSSR count). The monoisotopic (exact) mass is 216 g/mol. The lowest BCUT2D eigenvalue weighted by molar-refractivity contribution is 0.218. The topological polar surface area (TPSA) is 38.0 Å². The Morgan fingerprint density at radius 2 is 2.06 bits per heavy atom. The Balaban J connectivity index is 2.55. The van der Waals surface area contributed by atoms with Gasteiger partial charge in [-0.1, -0.05) is 32.0 Å². The molecule has 1 heterocycles. The number of benzene rings is 1. The molecule has 3 nitrogen and oxygen atoms in total. The van der Waals surface area contributed by atoms with Crippen molar-refractivity contribution >= 4 is 0 Å². The Morgan fingerprint density at radius 1 is 1.31 bits per heavy atom. The van der Waals surface area contributed by atoms with Crippen LogP contribution >= 0.6 is 0 Å². The summed E-state index contributed by atoms with van der Waals surface area (Å²) in [5, 5.41) is 9.44. The minimum absolute atomic E-state index is 0.124. The SMILES string of the molecule is CC(C)(CO)c1ccccc1-n1ccnc1. The highest BCUT2D eigenvalue weighted by atomic mass is 16.3. The van der Waals surface area contributed by atoms with Gasteiger partial charge in [0, 0.05) is 17.8 Å². The first kappa shape index (κ1) is 10.9. The average molecular weight is 216 g/mol. The van der Waals surface area contributed by atoms with Gasteiger partial charge in [0.15, 0.2) is 0 Å². The number of imidazole rings is 1. The fourth-order valence-corrected chi connectivity index (χ4v) is 1.76. The molecule has 0 atom stereocenters. The summed E-state index contributed by atoms with van der Waals surface area (Å²) in [6, 6.07) is 8.07. The predicted molar refractivity (Wildman–Crippen MR) is 63.7 cm³/mol. The van der Waals surface area contributed by atoms with Gasteiger partial charge in [-0.25, -0.2) is 4.98 Å². The lowest BCUT2D eigenvalue weighted by Gasteiger charge is -2.25. The van der Waals surface area contributed by atoms with E-state index in [1.54, 1.807) is 12.5 Å². The van der Waals surface area contributed by atoms with Crippen molar-refractivity contribution in [1.82, 2.24) is 9.55 Å². The normalized spacial score (nSPS) is 11.7. The van der Waals surface area contributed by atoms with E-state index in [4.69, 9.17) is 0 Å². The molecular weight excluding hydrogens is 200 g/mol. The second-order valence-electron chi connectivity index (χ2n) is 4.53. The Bertz CT molecular complexity index is 461. The molecule has 3 heteroatoms. The number of hydrogen-bond donors (Lipinski definition) is 1. The molecule has 0 saturated carbocycles. The summed E-state index contributed by atoms with van der Waals surface area (Å²) in [5.41, 5.74) is 1.94. The number of para-hydroxylation sites is 1. The Morgan fingerprint density at radius 3 is 2.69 bits per heavy atom. The third kappa shape index (κ3) is 1.86. The lowest BCUT2D eigenvalue weighted by Crippen LogP contribution is -2.23. The Kier molecular flexibility index (Phi) is 2.79. The molecule has 0 fully saturated rings. The molecule has 1 aromatic carbocycles. The molecule has 0 aliphatic rings. The van der Waals surface area contributed by atoms with Crippen molar-refractivity contribution in [2.24, 2.45) is 0 Å². The third-order valence-electron chi connectivity index (χ3n) is 2.81. The standard InChI is InChI=1S/C13H16N2O/c1-13(2,9-16)11-5-3-4-6-12(11)15-8-7-14-10-15/h3-8,10,16H,9H2,1-2H3. The maximum absolute atomic E-state index is 9.44. The molecule has 0 spiro atoms. The number of aliphatic hydroxyl groups excluding tert-OH is 1. The molecule has 0 unspecified atom stereocenters. The number of aromatic nitrogens is 2. The van der Waals surface area contributed by atoms with Crippen molar-refractivity contribution in [3.63, 3.8) is 0 Å². The summed E-state index contributed by atoms with van der Waals surface area (Å²) in [5.74, 6) is 0. The van der Waals surface area contributed by atoms with E-state index in [0.717, 1.165) is 11.3 Å². The zero-order valence-electron chi connectivity index (χ0n) is 9.59. The summed E-state index contributed by atoms with van der Waals surface area (Å²) in [6.07, 6.45) is 5.43. The van der Waals surface area contributed by atoms with Crippen LogP contribution in [0, 0.1) is 0 Å². The summed E-state index contributed by atoms with van der Waals surface area (Å²) < 4.78 is 1.97. The lowest BCUT2D eigenvalue weighted by atomic mass is 9.84. The number of nitrogens with zero attached hydrogens (tertiary/aromatic N) is 2. The van der Waals surface area contributed by atoms with Crippen LogP contribution in [0.25, 0.3) is 5.69 Å². The van der Waals surface area contributed by atoms with E-state index in [0.29, 0.717) is 0 Å². The van der Waals surface area contributed by atoms with Gasteiger partial charge < -0.3 is 9.67 Å². The minimum atomic E-state index is -0.249. The smallest absolute Gasteiger partial charge is 0.0991 e. The van der Waals surface area contributed by atoms with Crippen molar-refractivity contribution < 1.29 is 5.11 Å². The van der Waals surface area contributed by atoms with Gasteiger partial charge in [0.05, 0.1) is 18.6 Å². The van der Waals surface area contributed by atoms with Crippen LogP contribution in [-0.4, -0.2) is 21.3 Å². The van der Waals surface area contributed by atoms with Crippen LogP contribution < -0.4 is 0 Å². The summed E-state index contributed by atoms with van der Waals surface area (Å²) in [4.78, 5) is 4.05. The van der Waals surface area contributed by atoms with E-state index in [1.165, 1.54) is 0 Å². The van der Waals surface area contributed by atoms with E-state index < -0.39 is 0 Å². The number of aliphatic hydroxyl groups is 1. The maximum Gasteiger partial charge on any atom is 0.0991 e. The molecule has 2 aromatic rings. The van der Waals surface area contributed by atoms with Gasteiger partial charge in [-0.05, 0) is 11.6 Å². The van der Waals surface area contributed by atoms with Crippen LogP contribution in [0.2, 0.25) is 0 Å². The molecule has 0 aliphatic carbocycles. The maximum atomic E-state index is 9.44. The molecule has 0 amide bonds. The van der Waals surface area contributed by atoms with Crippen molar-refractivity contribution in [2.75, 3.05) is 6.61 Å². The number of rotatable bonds is 3. The third-order valence-corrected chi connectivity index (χ3v) is 2.81. The van der Waals surface area contributed by atoms with Gasteiger partial charge in [-0.3, -0.25) is 0 Å². The summed E-state index contributed by atoms with van der Waals surface area (Å²) >= 11 is 0. The zero-order valence-corrected chi connectivity index (χ0v) is 9.59. The van der Waals surface area contributed by atoms with Crippen molar-refractivity contribution in [1.29, 1.82) is 0 Å². The molecule has 0 aliphatic heterocycles. The van der Waals surface area contributed by atoms with Gasteiger partial charge >= 0.3 is 0 Å². The quantitative estimate of drug-likeness (QED) is 0.853. The van der Waals surface area contributed by atoms with Crippen molar-refractivity contribution in [2.45, 2.75) is 19.3 Å². The molecule has 0 radical (unpaired) electrons. The first-order valence-corrected chi connectivity index (χ1v) is 5.34. The Hall–Kier alpha value is -1.61. The molecule has 16 heavy (non-hydrogen) atoms. The van der Waals surface area contributed by atoms with Crippen LogP contribution in [0.1, 0.15) is 19.4 Å². The molecular formula is C13H16N2O. The fraction of sp³-hybridized carbons (Fsp3) is 0.308. The van der Waals surface area contributed by atoms with Crippen LogP contribution in [0.4, 0.5) is 0 Å². The van der Waals surface area contributed by atoms with Crippen LogP contribution in [-0.2, 0) is 5.41 Å².